The molecule has 0 saturated carbocycles. The first-order chi connectivity index (χ1) is 19.0. The Hall–Kier alpha value is -3.42. The Bertz CT molecular complexity index is 1520. The Balaban J connectivity index is 1.37. The van der Waals surface area contributed by atoms with E-state index in [0.29, 0.717) is 18.2 Å². The summed E-state index contributed by atoms with van der Waals surface area (Å²) < 4.78 is 67.2. The van der Waals surface area contributed by atoms with Gasteiger partial charge in [0.15, 0.2) is 15.7 Å². The van der Waals surface area contributed by atoms with Crippen LogP contribution in [0.25, 0.3) is 0 Å². The lowest BCUT2D eigenvalue weighted by molar-refractivity contribution is -0.138. The monoisotopic (exact) mass is 574 g/mol. The fourth-order valence-corrected chi connectivity index (χ4v) is 6.48. The molecule has 40 heavy (non-hydrogen) atoms. The second-order valence-corrected chi connectivity index (χ2v) is 12.6. The van der Waals surface area contributed by atoms with Crippen LogP contribution < -0.4 is 15.3 Å². The van der Waals surface area contributed by atoms with Crippen molar-refractivity contribution >= 4 is 33.0 Å². The zero-order chi connectivity index (χ0) is 28.2. The van der Waals surface area contributed by atoms with Gasteiger partial charge in [0.1, 0.15) is 5.56 Å². The van der Waals surface area contributed by atoms with E-state index in [2.05, 4.69) is 32.1 Å². The fourth-order valence-electron chi connectivity index (χ4n) is 5.80. The number of rotatable bonds is 6. The van der Waals surface area contributed by atoms with Gasteiger partial charge in [0.05, 0.1) is 17.5 Å². The van der Waals surface area contributed by atoms with E-state index >= 15 is 0 Å². The van der Waals surface area contributed by atoms with Gasteiger partial charge in [-0.05, 0) is 37.2 Å². The van der Waals surface area contributed by atoms with Crippen LogP contribution in [0.5, 0.6) is 0 Å². The van der Waals surface area contributed by atoms with Crippen LogP contribution in [-0.4, -0.2) is 68.4 Å². The third-order valence-corrected chi connectivity index (χ3v) is 8.89. The third-order valence-electron chi connectivity index (χ3n) is 7.79. The number of piperazine rings is 1. The highest BCUT2D eigenvalue weighted by Gasteiger charge is 2.42. The summed E-state index contributed by atoms with van der Waals surface area (Å²) in [5.41, 5.74) is 0.868. The quantitative estimate of drug-likeness (QED) is 0.460. The van der Waals surface area contributed by atoms with E-state index in [1.165, 1.54) is 11.1 Å². The van der Waals surface area contributed by atoms with Crippen LogP contribution in [0.15, 0.2) is 59.6 Å². The SMILES string of the molecule is CN1C[C@@H]2C[C@H]1CN2c1cc(Nc2ncc(C(F)(F)F)c(N3OCC[C@H]3c3ccccc3)n2)cc(S(C)(=O)=O)c1. The molecule has 212 valence electrons. The number of hydrogen-bond donors (Lipinski definition) is 1. The average molecular weight is 575 g/mol. The molecule has 3 aliphatic rings. The van der Waals surface area contributed by atoms with Crippen LogP contribution in [0.3, 0.4) is 0 Å². The van der Waals surface area contributed by atoms with Crippen LogP contribution >= 0.6 is 0 Å². The molecule has 0 unspecified atom stereocenters. The largest absolute Gasteiger partial charge is 0.421 e. The highest BCUT2D eigenvalue weighted by atomic mass is 32.2. The van der Waals surface area contributed by atoms with E-state index in [1.54, 1.807) is 12.1 Å². The molecule has 9 nitrogen and oxygen atoms in total. The van der Waals surface area contributed by atoms with Gasteiger partial charge in [0.25, 0.3) is 0 Å². The van der Waals surface area contributed by atoms with E-state index in [9.17, 15) is 21.6 Å². The summed E-state index contributed by atoms with van der Waals surface area (Å²) in [5, 5.41) is 4.15. The molecule has 0 radical (unpaired) electrons. The van der Waals surface area contributed by atoms with E-state index < -0.39 is 33.4 Å². The highest BCUT2D eigenvalue weighted by Crippen LogP contribution is 2.42. The second kappa shape index (κ2) is 9.89. The number of hydrogen-bond acceptors (Lipinski definition) is 9. The number of hydroxylamine groups is 1. The van der Waals surface area contributed by atoms with Gasteiger partial charge in [-0.25, -0.2) is 18.5 Å². The van der Waals surface area contributed by atoms with Crippen molar-refractivity contribution in [1.82, 2.24) is 14.9 Å². The Labute approximate surface area is 230 Å². The van der Waals surface area contributed by atoms with Crippen molar-refractivity contribution in [2.24, 2.45) is 0 Å². The minimum Gasteiger partial charge on any atom is -0.366 e. The molecule has 3 atom stereocenters. The molecule has 0 amide bonds. The fraction of sp³-hybridized carbons (Fsp3) is 0.407. The Morgan fingerprint density at radius 1 is 1.07 bits per heavy atom. The van der Waals surface area contributed by atoms with Crippen molar-refractivity contribution < 1.29 is 26.4 Å². The van der Waals surface area contributed by atoms with Gasteiger partial charge in [-0.15, -0.1) is 0 Å². The lowest BCUT2D eigenvalue weighted by Crippen LogP contribution is -2.44. The first kappa shape index (κ1) is 26.8. The number of halogens is 3. The predicted octanol–water partition coefficient (Wildman–Crippen LogP) is 4.42. The summed E-state index contributed by atoms with van der Waals surface area (Å²) in [6.07, 6.45) is -1.38. The van der Waals surface area contributed by atoms with Gasteiger partial charge in [0, 0.05) is 55.4 Å². The second-order valence-electron chi connectivity index (χ2n) is 10.6. The van der Waals surface area contributed by atoms with E-state index in [-0.39, 0.29) is 23.5 Å². The van der Waals surface area contributed by atoms with Crippen molar-refractivity contribution in [2.75, 3.05) is 48.3 Å². The smallest absolute Gasteiger partial charge is 0.366 e. The topological polar surface area (TPSA) is 90.9 Å². The number of sulfone groups is 1. The Morgan fingerprint density at radius 3 is 2.50 bits per heavy atom. The van der Waals surface area contributed by atoms with Crippen molar-refractivity contribution in [2.45, 2.75) is 42.0 Å². The molecular weight excluding hydrogens is 545 g/mol. The van der Waals surface area contributed by atoms with Gasteiger partial charge in [0.2, 0.25) is 5.95 Å². The average Bonchev–Trinajstić information content (AvgIpc) is 3.64. The molecule has 0 spiro atoms. The minimum absolute atomic E-state index is 0.0998. The molecule has 0 aliphatic carbocycles. The molecule has 4 heterocycles. The zero-order valence-corrected chi connectivity index (χ0v) is 22.8. The molecule has 3 saturated heterocycles. The summed E-state index contributed by atoms with van der Waals surface area (Å²) in [6, 6.07) is 14.2. The van der Waals surface area contributed by atoms with E-state index in [4.69, 9.17) is 4.84 Å². The first-order valence-corrected chi connectivity index (χ1v) is 14.9. The minimum atomic E-state index is -4.72. The summed E-state index contributed by atoms with van der Waals surface area (Å²) >= 11 is 0. The van der Waals surface area contributed by atoms with Gasteiger partial charge in [-0.3, -0.25) is 9.74 Å². The third kappa shape index (κ3) is 5.08. The number of nitrogens with zero attached hydrogens (tertiary/aromatic N) is 5. The molecule has 6 rings (SSSR count). The standard InChI is InChI=1S/C27H29F3N6O3S/c1-34-15-21-12-20(34)16-35(21)19-10-18(11-22(13-19)40(2,37)38)32-26-31-14-23(27(28,29)30)25(33-26)36-24(8-9-39-36)17-6-4-3-5-7-17/h3-7,10-11,13-14,20-21,24H,8-9,12,15-16H2,1-2H3,(H,31,32,33)/t20-,21-,24-/m0/s1. The maximum Gasteiger partial charge on any atom is 0.421 e. The van der Waals surface area contributed by atoms with Gasteiger partial charge in [-0.1, -0.05) is 30.3 Å². The van der Waals surface area contributed by atoms with Crippen molar-refractivity contribution in [1.29, 1.82) is 0 Å². The summed E-state index contributed by atoms with van der Waals surface area (Å²) in [7, 11) is -1.50. The number of likely N-dealkylation sites (tertiary alicyclic amines) is 1. The lowest BCUT2D eigenvalue weighted by Gasteiger charge is -2.34. The van der Waals surface area contributed by atoms with E-state index in [0.717, 1.165) is 43.2 Å². The molecule has 13 heteroatoms. The van der Waals surface area contributed by atoms with Gasteiger partial charge >= 0.3 is 6.18 Å². The Morgan fingerprint density at radius 2 is 1.85 bits per heavy atom. The number of nitrogens with one attached hydrogen (secondary N) is 1. The molecule has 3 fully saturated rings. The highest BCUT2D eigenvalue weighted by molar-refractivity contribution is 7.90. The number of fused-ring (bicyclic) bond motifs is 2. The Kier molecular flexibility index (Phi) is 6.62. The van der Waals surface area contributed by atoms with Crippen LogP contribution in [0.2, 0.25) is 0 Å². The molecule has 1 N–H and O–H groups in total. The van der Waals surface area contributed by atoms with Gasteiger partial charge < -0.3 is 10.2 Å². The van der Waals surface area contributed by atoms with Crippen molar-refractivity contribution in [3.8, 4) is 0 Å². The molecule has 1 aromatic heterocycles. The summed E-state index contributed by atoms with van der Waals surface area (Å²) in [6.45, 7) is 1.87. The van der Waals surface area contributed by atoms with Crippen molar-refractivity contribution in [3.63, 3.8) is 0 Å². The number of aromatic nitrogens is 2. The molecule has 3 aromatic rings. The predicted molar refractivity (Wildman–Crippen MR) is 144 cm³/mol. The number of alkyl halides is 3. The number of likely N-dealkylation sites (N-methyl/N-ethyl adjacent to an activating group) is 1. The normalized spacial score (nSPS) is 23.3. The number of anilines is 4. The first-order valence-electron chi connectivity index (χ1n) is 13.0. The number of benzene rings is 2. The van der Waals surface area contributed by atoms with Crippen LogP contribution in [0.4, 0.5) is 36.3 Å². The lowest BCUT2D eigenvalue weighted by atomic mass is 10.0. The van der Waals surface area contributed by atoms with Crippen LogP contribution in [-0.2, 0) is 20.9 Å². The molecular formula is C27H29F3N6O3S. The zero-order valence-electron chi connectivity index (χ0n) is 22.0. The molecule has 2 bridgehead atoms. The van der Waals surface area contributed by atoms with Crippen molar-refractivity contribution in [3.05, 3.63) is 65.9 Å². The molecule has 2 aromatic carbocycles. The van der Waals surface area contributed by atoms with Crippen LogP contribution in [0, 0.1) is 0 Å². The maximum atomic E-state index is 14.0. The summed E-state index contributed by atoms with van der Waals surface area (Å²) in [4.78, 5) is 18.4. The summed E-state index contributed by atoms with van der Waals surface area (Å²) in [5.74, 6) is -0.514. The maximum absolute atomic E-state index is 14.0. The van der Waals surface area contributed by atoms with E-state index in [1.807, 2.05) is 30.3 Å². The van der Waals surface area contributed by atoms with Gasteiger partial charge in [-0.2, -0.15) is 18.2 Å². The molecule has 3 aliphatic heterocycles. The van der Waals surface area contributed by atoms with Crippen LogP contribution in [0.1, 0.15) is 30.0 Å².